The summed E-state index contributed by atoms with van der Waals surface area (Å²) in [6, 6.07) is 10.00. The van der Waals surface area contributed by atoms with E-state index < -0.39 is 10.0 Å². The molecule has 2 fully saturated rings. The van der Waals surface area contributed by atoms with Crippen molar-refractivity contribution in [2.24, 2.45) is 0 Å². The third-order valence-corrected chi connectivity index (χ3v) is 7.20. The maximum absolute atomic E-state index is 12.6. The van der Waals surface area contributed by atoms with E-state index in [2.05, 4.69) is 6.26 Å². The topological polar surface area (TPSA) is 37.4 Å². The predicted octanol–water partition coefficient (Wildman–Crippen LogP) is 3.35. The Bertz CT molecular complexity index is 598. The molecular formula is C16H21NO2S2. The number of hydrogen-bond acceptors (Lipinski definition) is 3. The molecule has 2 saturated heterocycles. The van der Waals surface area contributed by atoms with E-state index in [1.165, 1.54) is 5.41 Å². The van der Waals surface area contributed by atoms with Gasteiger partial charge in [0, 0.05) is 22.7 Å². The molecule has 114 valence electrons. The van der Waals surface area contributed by atoms with Crippen molar-refractivity contribution in [1.29, 1.82) is 0 Å². The monoisotopic (exact) mass is 323 g/mol. The lowest BCUT2D eigenvalue weighted by Gasteiger charge is -2.36. The molecule has 21 heavy (non-hydrogen) atoms. The largest absolute Gasteiger partial charge is 0.236 e. The van der Waals surface area contributed by atoms with Gasteiger partial charge >= 0.3 is 0 Å². The zero-order chi connectivity index (χ0) is 14.9. The van der Waals surface area contributed by atoms with Crippen molar-refractivity contribution < 1.29 is 8.42 Å². The van der Waals surface area contributed by atoms with E-state index in [0.29, 0.717) is 5.25 Å². The van der Waals surface area contributed by atoms with Crippen LogP contribution in [0.15, 0.2) is 35.7 Å². The number of thioether (sulfide) groups is 1. The fraction of sp³-hybridized carbons (Fsp3) is 0.500. The molecule has 5 heteroatoms. The van der Waals surface area contributed by atoms with Gasteiger partial charge in [0.25, 0.3) is 0 Å². The van der Waals surface area contributed by atoms with Crippen molar-refractivity contribution in [1.82, 2.24) is 4.31 Å². The number of benzene rings is 1. The van der Waals surface area contributed by atoms with Crippen LogP contribution in [-0.2, 0) is 10.0 Å². The molecular weight excluding hydrogens is 302 g/mol. The molecule has 3 nitrogen and oxygen atoms in total. The van der Waals surface area contributed by atoms with Gasteiger partial charge in [-0.15, -0.1) is 0 Å². The molecule has 0 amide bonds. The fourth-order valence-electron chi connectivity index (χ4n) is 3.49. The molecule has 0 aromatic heterocycles. The Morgan fingerprint density at radius 2 is 1.76 bits per heavy atom. The molecule has 2 bridgehead atoms. The molecule has 2 aliphatic heterocycles. The second-order valence-electron chi connectivity index (χ2n) is 5.80. The first-order valence-corrected chi connectivity index (χ1v) is 10.2. The van der Waals surface area contributed by atoms with Crippen LogP contribution in [0.3, 0.4) is 0 Å². The predicted molar refractivity (Wildman–Crippen MR) is 89.6 cm³/mol. The fourth-order valence-corrected chi connectivity index (χ4v) is 6.00. The summed E-state index contributed by atoms with van der Waals surface area (Å²) in [5.74, 6) is 0. The Hall–Kier alpha value is -0.780. The quantitative estimate of drug-likeness (QED) is 0.853. The second-order valence-corrected chi connectivity index (χ2v) is 8.66. The van der Waals surface area contributed by atoms with E-state index in [4.69, 9.17) is 0 Å². The molecule has 0 N–H and O–H groups in total. The molecule has 0 spiro atoms. The standard InChI is InChI=1S/C16H21NO2S2/c1-20-16-11-14-7-8-15(12-16)17(14)21(18,19)10-9-13-5-3-2-4-6-13/h2-6,9-10,14-16H,7-8,11-12H2,1H3. The van der Waals surface area contributed by atoms with E-state index in [1.807, 2.05) is 42.1 Å². The van der Waals surface area contributed by atoms with Crippen molar-refractivity contribution in [2.45, 2.75) is 43.0 Å². The Labute approximate surface area is 131 Å². The summed E-state index contributed by atoms with van der Waals surface area (Å²) in [6.07, 6.45) is 7.85. The van der Waals surface area contributed by atoms with Crippen LogP contribution in [0.25, 0.3) is 6.08 Å². The van der Waals surface area contributed by atoms with Crippen LogP contribution < -0.4 is 0 Å². The van der Waals surface area contributed by atoms with Gasteiger partial charge in [0.15, 0.2) is 0 Å². The highest BCUT2D eigenvalue weighted by Gasteiger charge is 2.45. The van der Waals surface area contributed by atoms with Gasteiger partial charge in [0.05, 0.1) is 0 Å². The second kappa shape index (κ2) is 6.15. The number of sulfonamides is 1. The van der Waals surface area contributed by atoms with Crippen LogP contribution in [0.5, 0.6) is 0 Å². The SMILES string of the molecule is CSC1CC2CCC(C1)N2S(=O)(=O)C=Cc1ccccc1. The summed E-state index contributed by atoms with van der Waals surface area (Å²) < 4.78 is 27.1. The van der Waals surface area contributed by atoms with Gasteiger partial charge < -0.3 is 0 Å². The van der Waals surface area contributed by atoms with E-state index in [1.54, 1.807) is 10.4 Å². The van der Waals surface area contributed by atoms with Crippen LogP contribution >= 0.6 is 11.8 Å². The highest BCUT2D eigenvalue weighted by atomic mass is 32.2. The maximum Gasteiger partial charge on any atom is 0.236 e. The van der Waals surface area contributed by atoms with Gasteiger partial charge in [-0.1, -0.05) is 30.3 Å². The number of rotatable bonds is 4. The van der Waals surface area contributed by atoms with Gasteiger partial charge in [-0.3, -0.25) is 0 Å². The van der Waals surface area contributed by atoms with Gasteiger partial charge in [-0.05, 0) is 43.6 Å². The van der Waals surface area contributed by atoms with Crippen LogP contribution in [0.1, 0.15) is 31.2 Å². The van der Waals surface area contributed by atoms with Crippen molar-refractivity contribution in [3.8, 4) is 0 Å². The van der Waals surface area contributed by atoms with Crippen LogP contribution in [0.4, 0.5) is 0 Å². The van der Waals surface area contributed by atoms with Crippen molar-refractivity contribution in [3.05, 3.63) is 41.3 Å². The van der Waals surface area contributed by atoms with Crippen LogP contribution in [0.2, 0.25) is 0 Å². The Morgan fingerprint density at radius 1 is 1.14 bits per heavy atom. The zero-order valence-corrected chi connectivity index (χ0v) is 13.8. The Morgan fingerprint density at radius 3 is 2.33 bits per heavy atom. The Balaban J connectivity index is 1.79. The molecule has 2 heterocycles. The zero-order valence-electron chi connectivity index (χ0n) is 12.2. The summed E-state index contributed by atoms with van der Waals surface area (Å²) >= 11 is 1.88. The van der Waals surface area contributed by atoms with Gasteiger partial charge in [-0.25, -0.2) is 8.42 Å². The molecule has 1 aromatic rings. The first-order chi connectivity index (χ1) is 10.1. The van der Waals surface area contributed by atoms with E-state index in [9.17, 15) is 8.42 Å². The summed E-state index contributed by atoms with van der Waals surface area (Å²) in [5.41, 5.74) is 0.924. The first-order valence-electron chi connectivity index (χ1n) is 7.39. The van der Waals surface area contributed by atoms with E-state index in [0.717, 1.165) is 31.2 Å². The van der Waals surface area contributed by atoms with Crippen LogP contribution in [0, 0.1) is 0 Å². The van der Waals surface area contributed by atoms with Crippen molar-refractivity contribution in [2.75, 3.05) is 6.26 Å². The lowest BCUT2D eigenvalue weighted by molar-refractivity contribution is 0.256. The number of piperidine rings is 1. The average Bonchev–Trinajstić information content (AvgIpc) is 2.78. The summed E-state index contributed by atoms with van der Waals surface area (Å²) in [7, 11) is -3.31. The normalized spacial score (nSPS) is 30.0. The molecule has 0 saturated carbocycles. The summed E-state index contributed by atoms with van der Waals surface area (Å²) in [6.45, 7) is 0. The van der Waals surface area contributed by atoms with E-state index in [-0.39, 0.29) is 12.1 Å². The van der Waals surface area contributed by atoms with Gasteiger partial charge in [0.1, 0.15) is 0 Å². The lowest BCUT2D eigenvalue weighted by Crippen LogP contribution is -2.46. The minimum Gasteiger partial charge on any atom is -0.207 e. The number of fused-ring (bicyclic) bond motifs is 2. The highest BCUT2D eigenvalue weighted by molar-refractivity contribution is 7.99. The van der Waals surface area contributed by atoms with Crippen molar-refractivity contribution >= 4 is 27.9 Å². The first kappa shape index (κ1) is 15.1. The molecule has 1 aromatic carbocycles. The molecule has 2 aliphatic rings. The third kappa shape index (κ3) is 3.20. The van der Waals surface area contributed by atoms with Gasteiger partial charge in [-0.2, -0.15) is 16.1 Å². The number of hydrogen-bond donors (Lipinski definition) is 0. The third-order valence-electron chi connectivity index (χ3n) is 4.48. The average molecular weight is 323 g/mol. The molecule has 0 aliphatic carbocycles. The minimum absolute atomic E-state index is 0.201. The lowest BCUT2D eigenvalue weighted by atomic mass is 10.1. The maximum atomic E-state index is 12.6. The summed E-state index contributed by atoms with van der Waals surface area (Å²) in [5, 5.41) is 2.00. The van der Waals surface area contributed by atoms with Crippen LogP contribution in [-0.4, -0.2) is 36.3 Å². The molecule has 2 unspecified atom stereocenters. The number of nitrogens with zero attached hydrogens (tertiary/aromatic N) is 1. The van der Waals surface area contributed by atoms with E-state index >= 15 is 0 Å². The molecule has 0 radical (unpaired) electrons. The summed E-state index contributed by atoms with van der Waals surface area (Å²) in [4.78, 5) is 0. The molecule has 2 atom stereocenters. The molecule has 3 rings (SSSR count). The minimum atomic E-state index is -3.31. The van der Waals surface area contributed by atoms with Crippen molar-refractivity contribution in [3.63, 3.8) is 0 Å². The highest BCUT2D eigenvalue weighted by Crippen LogP contribution is 2.41. The smallest absolute Gasteiger partial charge is 0.207 e. The van der Waals surface area contributed by atoms with Gasteiger partial charge in [0.2, 0.25) is 10.0 Å². The Kier molecular flexibility index (Phi) is 4.43.